The van der Waals surface area contributed by atoms with Gasteiger partial charge in [-0.2, -0.15) is 5.10 Å². The van der Waals surface area contributed by atoms with E-state index < -0.39 is 0 Å². The Morgan fingerprint density at radius 1 is 1.19 bits per heavy atom. The topological polar surface area (TPSA) is 40.5 Å². The number of nitrogens with one attached hydrogen (secondary N) is 1. The Morgan fingerprint density at radius 3 is 2.62 bits per heavy atom. The normalized spacial score (nSPS) is 17.5. The molecule has 5 heteroatoms. The molecule has 1 aromatic carbocycles. The van der Waals surface area contributed by atoms with E-state index in [1.54, 1.807) is 6.20 Å². The van der Waals surface area contributed by atoms with E-state index in [9.17, 15) is 0 Å². The first kappa shape index (κ1) is 13.7. The van der Waals surface area contributed by atoms with Crippen LogP contribution in [0.3, 0.4) is 0 Å². The van der Waals surface area contributed by atoms with Gasteiger partial charge in [-0.1, -0.05) is 36.4 Å². The summed E-state index contributed by atoms with van der Waals surface area (Å²) in [6, 6.07) is 16.3. The van der Waals surface area contributed by atoms with E-state index in [0.717, 1.165) is 17.8 Å². The fraction of sp³-hybridized carbons (Fsp3) is 0.188. The van der Waals surface area contributed by atoms with Crippen LogP contribution >= 0.6 is 12.2 Å². The molecular formula is C16H16N4S. The molecule has 1 aromatic heterocycles. The quantitative estimate of drug-likeness (QED) is 0.865. The Labute approximate surface area is 129 Å². The monoisotopic (exact) mass is 296 g/mol. The molecule has 1 aliphatic rings. The van der Waals surface area contributed by atoms with Gasteiger partial charge in [-0.05, 0) is 29.9 Å². The summed E-state index contributed by atoms with van der Waals surface area (Å²) < 4.78 is 0. The first-order valence-corrected chi connectivity index (χ1v) is 7.25. The molecule has 106 valence electrons. The van der Waals surface area contributed by atoms with Gasteiger partial charge in [-0.25, -0.2) is 5.01 Å². The molecule has 3 rings (SSSR count). The van der Waals surface area contributed by atoms with Crippen molar-refractivity contribution in [3.05, 3.63) is 66.0 Å². The van der Waals surface area contributed by atoms with Crippen LogP contribution in [0.25, 0.3) is 0 Å². The van der Waals surface area contributed by atoms with Crippen LogP contribution in [0.15, 0.2) is 59.8 Å². The third-order valence-electron chi connectivity index (χ3n) is 3.48. The Hall–Kier alpha value is -2.27. The van der Waals surface area contributed by atoms with Gasteiger partial charge < -0.3 is 5.32 Å². The summed E-state index contributed by atoms with van der Waals surface area (Å²) in [6.45, 7) is 0. The second-order valence-electron chi connectivity index (χ2n) is 4.79. The molecule has 0 saturated carbocycles. The second kappa shape index (κ2) is 6.01. The number of rotatable bonds is 2. The van der Waals surface area contributed by atoms with Crippen molar-refractivity contribution in [3.63, 3.8) is 0 Å². The van der Waals surface area contributed by atoms with Gasteiger partial charge in [-0.3, -0.25) is 4.98 Å². The van der Waals surface area contributed by atoms with Crippen LogP contribution < -0.4 is 5.32 Å². The van der Waals surface area contributed by atoms with Gasteiger partial charge in [-0.15, -0.1) is 0 Å². The summed E-state index contributed by atoms with van der Waals surface area (Å²) in [7, 11) is 1.82. The average Bonchev–Trinajstić information content (AvgIpc) is 3.01. The van der Waals surface area contributed by atoms with Gasteiger partial charge >= 0.3 is 0 Å². The minimum atomic E-state index is 0.114. The lowest BCUT2D eigenvalue weighted by molar-refractivity contribution is 0.367. The number of thiocarbonyl (C=S) groups is 1. The molecule has 1 aliphatic heterocycles. The van der Waals surface area contributed by atoms with Gasteiger partial charge in [0.2, 0.25) is 0 Å². The van der Waals surface area contributed by atoms with Gasteiger partial charge in [0.1, 0.15) is 0 Å². The third-order valence-corrected chi connectivity index (χ3v) is 3.87. The van der Waals surface area contributed by atoms with E-state index in [-0.39, 0.29) is 6.04 Å². The number of hydrogen-bond donors (Lipinski definition) is 1. The molecule has 0 spiro atoms. The van der Waals surface area contributed by atoms with E-state index in [0.29, 0.717) is 5.11 Å². The molecule has 0 unspecified atom stereocenters. The Bertz CT molecular complexity index is 654. The van der Waals surface area contributed by atoms with Crippen LogP contribution in [0.5, 0.6) is 0 Å². The molecule has 1 atom stereocenters. The average molecular weight is 296 g/mol. The van der Waals surface area contributed by atoms with E-state index in [1.807, 2.05) is 48.5 Å². The highest BCUT2D eigenvalue weighted by atomic mass is 32.1. The summed E-state index contributed by atoms with van der Waals surface area (Å²) >= 11 is 5.38. The van der Waals surface area contributed by atoms with Crippen LogP contribution in [0, 0.1) is 0 Å². The highest BCUT2D eigenvalue weighted by molar-refractivity contribution is 7.80. The Balaban J connectivity index is 1.95. The molecule has 0 fully saturated rings. The van der Waals surface area contributed by atoms with Crippen molar-refractivity contribution in [1.29, 1.82) is 0 Å². The van der Waals surface area contributed by atoms with Crippen LogP contribution in [0.1, 0.15) is 23.7 Å². The number of hydrogen-bond acceptors (Lipinski definition) is 3. The number of pyridine rings is 1. The number of aromatic nitrogens is 1. The van der Waals surface area contributed by atoms with E-state index in [4.69, 9.17) is 12.2 Å². The zero-order valence-electron chi connectivity index (χ0n) is 11.7. The summed E-state index contributed by atoms with van der Waals surface area (Å²) in [5, 5.41) is 10.2. The second-order valence-corrected chi connectivity index (χ2v) is 5.18. The number of benzene rings is 1. The minimum absolute atomic E-state index is 0.114. The Morgan fingerprint density at radius 2 is 1.95 bits per heavy atom. The Kier molecular flexibility index (Phi) is 3.92. The van der Waals surface area contributed by atoms with Crippen molar-refractivity contribution in [2.24, 2.45) is 5.10 Å². The first-order chi connectivity index (χ1) is 10.3. The lowest BCUT2D eigenvalue weighted by Crippen LogP contribution is -2.34. The molecule has 2 heterocycles. The molecule has 0 aliphatic carbocycles. The van der Waals surface area contributed by atoms with Crippen molar-refractivity contribution in [3.8, 4) is 0 Å². The maximum Gasteiger partial charge on any atom is 0.189 e. The van der Waals surface area contributed by atoms with Crippen LogP contribution in [-0.2, 0) is 0 Å². The minimum Gasteiger partial charge on any atom is -0.364 e. The van der Waals surface area contributed by atoms with Gasteiger partial charge in [0.25, 0.3) is 0 Å². The maximum atomic E-state index is 5.38. The smallest absolute Gasteiger partial charge is 0.189 e. The maximum absolute atomic E-state index is 5.38. The zero-order valence-corrected chi connectivity index (χ0v) is 12.5. The third kappa shape index (κ3) is 2.78. The first-order valence-electron chi connectivity index (χ1n) is 6.84. The van der Waals surface area contributed by atoms with Gasteiger partial charge in [0.15, 0.2) is 5.11 Å². The highest BCUT2D eigenvalue weighted by Gasteiger charge is 2.31. The predicted molar refractivity (Wildman–Crippen MR) is 88.1 cm³/mol. The van der Waals surface area contributed by atoms with Crippen molar-refractivity contribution >= 4 is 23.0 Å². The van der Waals surface area contributed by atoms with Crippen molar-refractivity contribution in [2.75, 3.05) is 7.05 Å². The lowest BCUT2D eigenvalue weighted by Gasteiger charge is -2.23. The van der Waals surface area contributed by atoms with Crippen molar-refractivity contribution in [2.45, 2.75) is 12.5 Å². The summed E-state index contributed by atoms with van der Waals surface area (Å²) in [5.41, 5.74) is 3.06. The molecule has 21 heavy (non-hydrogen) atoms. The van der Waals surface area contributed by atoms with E-state index in [1.165, 1.54) is 5.56 Å². The van der Waals surface area contributed by atoms with Crippen LogP contribution in [0.2, 0.25) is 0 Å². The summed E-state index contributed by atoms with van der Waals surface area (Å²) in [4.78, 5) is 4.39. The largest absolute Gasteiger partial charge is 0.364 e. The van der Waals surface area contributed by atoms with Gasteiger partial charge in [0, 0.05) is 19.7 Å². The fourth-order valence-corrected chi connectivity index (χ4v) is 2.60. The molecule has 0 bridgehead atoms. The number of hydrazone groups is 1. The molecule has 0 saturated heterocycles. The number of nitrogens with zero attached hydrogens (tertiary/aromatic N) is 3. The standard InChI is InChI=1S/C16H16N4S/c1-17-16(21)20-15(12-7-3-2-4-8-12)11-14(19-20)13-9-5-6-10-18-13/h2-10,15H,11H2,1H3,(H,17,21)/t15-/m1/s1. The molecule has 0 amide bonds. The lowest BCUT2D eigenvalue weighted by atomic mass is 10.0. The predicted octanol–water partition coefficient (Wildman–Crippen LogP) is 2.74. The van der Waals surface area contributed by atoms with Crippen molar-refractivity contribution in [1.82, 2.24) is 15.3 Å². The van der Waals surface area contributed by atoms with Crippen molar-refractivity contribution < 1.29 is 0 Å². The molecule has 0 radical (unpaired) electrons. The molecule has 1 N–H and O–H groups in total. The molecule has 4 nitrogen and oxygen atoms in total. The highest BCUT2D eigenvalue weighted by Crippen LogP contribution is 2.32. The van der Waals surface area contributed by atoms with Crippen LogP contribution in [0.4, 0.5) is 0 Å². The van der Waals surface area contributed by atoms with E-state index >= 15 is 0 Å². The summed E-state index contributed by atoms with van der Waals surface area (Å²) in [5.74, 6) is 0. The van der Waals surface area contributed by atoms with E-state index in [2.05, 4.69) is 27.5 Å². The fourth-order valence-electron chi connectivity index (χ4n) is 2.44. The SMILES string of the molecule is CNC(=S)N1N=C(c2ccccn2)C[C@@H]1c1ccccc1. The molecular weight excluding hydrogens is 280 g/mol. The molecule has 2 aromatic rings. The summed E-state index contributed by atoms with van der Waals surface area (Å²) in [6.07, 6.45) is 2.58. The van der Waals surface area contributed by atoms with Gasteiger partial charge in [0.05, 0.1) is 17.4 Å². The van der Waals surface area contributed by atoms with Crippen LogP contribution in [-0.4, -0.2) is 27.9 Å². The zero-order chi connectivity index (χ0) is 14.7.